The fraction of sp³-hybridized carbons (Fsp3) is 0.436. The molecule has 1 aromatic heterocycles. The number of hydrogen-bond donors (Lipinski definition) is 0. The Kier molecular flexibility index (Phi) is 11.2. The minimum atomic E-state index is -0.144. The van der Waals surface area contributed by atoms with Crippen LogP contribution in [0.3, 0.4) is 0 Å². The van der Waals surface area contributed by atoms with Crippen molar-refractivity contribution in [1.82, 2.24) is 0 Å². The van der Waals surface area contributed by atoms with Crippen molar-refractivity contribution < 1.29 is 0 Å². The normalized spacial score (nSPS) is 24.0. The summed E-state index contributed by atoms with van der Waals surface area (Å²) in [5, 5.41) is 1.40. The predicted molar refractivity (Wildman–Crippen MR) is 359 cm³/mol. The minimum Gasteiger partial charge on any atom is -0.334 e. The monoisotopic (exact) mass is 1110 g/mol. The summed E-state index contributed by atoms with van der Waals surface area (Å²) in [4.78, 5) is 8.49. The van der Waals surface area contributed by atoms with E-state index in [0.717, 1.165) is 6.42 Å². The van der Waals surface area contributed by atoms with Crippen molar-refractivity contribution in [2.24, 2.45) is 0 Å². The number of thiophene rings is 1. The predicted octanol–water partition coefficient (Wildman–Crippen LogP) is 20.1. The Morgan fingerprint density at radius 2 is 0.952 bits per heavy atom. The molecule has 0 bridgehead atoms. The van der Waals surface area contributed by atoms with Gasteiger partial charge in [0.15, 0.2) is 0 Å². The highest BCUT2D eigenvalue weighted by molar-refractivity contribution is 7.33. The molecule has 7 aliphatic rings. The number of nitrogens with zero attached hydrogens (tertiary/aromatic N) is 3. The van der Waals surface area contributed by atoms with Crippen LogP contribution in [0.2, 0.25) is 0 Å². The van der Waals surface area contributed by atoms with Gasteiger partial charge in [-0.3, -0.25) is 0 Å². The van der Waals surface area contributed by atoms with Crippen molar-refractivity contribution in [2.45, 2.75) is 218 Å². The molecule has 1 saturated carbocycles. The molecule has 5 heteroatoms. The van der Waals surface area contributed by atoms with Crippen LogP contribution in [0.15, 0.2) is 121 Å². The van der Waals surface area contributed by atoms with Gasteiger partial charge in [0.1, 0.15) is 0 Å². The Bertz CT molecular complexity index is 4070. The largest absolute Gasteiger partial charge is 0.334 e. The highest BCUT2D eigenvalue weighted by Gasteiger charge is 2.59. The van der Waals surface area contributed by atoms with Crippen molar-refractivity contribution >= 4 is 89.3 Å². The highest BCUT2D eigenvalue weighted by Crippen LogP contribution is 2.64. The van der Waals surface area contributed by atoms with E-state index < -0.39 is 0 Å². The van der Waals surface area contributed by atoms with Crippen LogP contribution in [0, 0.1) is 13.8 Å². The van der Waals surface area contributed by atoms with Gasteiger partial charge in [0.2, 0.25) is 0 Å². The average Bonchev–Trinajstić information content (AvgIpc) is 1.88. The topological polar surface area (TPSA) is 9.72 Å². The third kappa shape index (κ3) is 7.46. The molecule has 3 nitrogen and oxygen atoms in total. The van der Waals surface area contributed by atoms with E-state index in [2.05, 4.69) is 258 Å². The second-order valence-corrected chi connectivity index (χ2v) is 32.8. The Morgan fingerprint density at radius 1 is 0.422 bits per heavy atom. The first-order valence-corrected chi connectivity index (χ1v) is 32.8. The number of hydrogen-bond acceptors (Lipinski definition) is 4. The quantitative estimate of drug-likeness (QED) is 0.163. The third-order valence-electron chi connectivity index (χ3n) is 23.7. The maximum Gasteiger partial charge on any atom is 0.264 e. The summed E-state index contributed by atoms with van der Waals surface area (Å²) < 4.78 is 2.88. The van der Waals surface area contributed by atoms with Crippen LogP contribution in [0.5, 0.6) is 0 Å². The van der Waals surface area contributed by atoms with Gasteiger partial charge in [-0.05, 0) is 237 Å². The molecule has 424 valence electrons. The lowest BCUT2D eigenvalue weighted by Gasteiger charge is -2.51. The Morgan fingerprint density at radius 3 is 1.59 bits per heavy atom. The number of benzene rings is 7. The van der Waals surface area contributed by atoms with Crippen LogP contribution in [-0.2, 0) is 37.9 Å². The van der Waals surface area contributed by atoms with Gasteiger partial charge in [0.25, 0.3) is 6.71 Å². The zero-order valence-corrected chi connectivity index (χ0v) is 53.8. The summed E-state index contributed by atoms with van der Waals surface area (Å²) in [6.07, 6.45) is 11.9. The molecule has 0 saturated heterocycles. The summed E-state index contributed by atoms with van der Waals surface area (Å²) >= 11 is 2.09. The van der Waals surface area contributed by atoms with Crippen molar-refractivity contribution in [1.29, 1.82) is 0 Å². The fourth-order valence-corrected chi connectivity index (χ4v) is 19.5. The molecule has 0 amide bonds. The molecule has 4 heterocycles. The van der Waals surface area contributed by atoms with E-state index in [-0.39, 0.29) is 50.2 Å². The lowest BCUT2D eigenvalue weighted by atomic mass is 9.35. The van der Waals surface area contributed by atoms with Gasteiger partial charge in [-0.2, -0.15) is 0 Å². The second kappa shape index (κ2) is 17.3. The maximum absolute atomic E-state index is 2.90. The van der Waals surface area contributed by atoms with Crippen LogP contribution in [0.4, 0.5) is 45.5 Å². The molecule has 2 atom stereocenters. The third-order valence-corrected chi connectivity index (χ3v) is 24.9. The van der Waals surface area contributed by atoms with Crippen LogP contribution in [0.25, 0.3) is 21.2 Å². The Balaban J connectivity index is 1.11. The Labute approximate surface area is 502 Å². The smallest absolute Gasteiger partial charge is 0.264 e. The molecule has 3 aliphatic heterocycles. The molecule has 2 unspecified atom stereocenters. The molecule has 0 spiro atoms. The first-order valence-electron chi connectivity index (χ1n) is 32.0. The van der Waals surface area contributed by atoms with Gasteiger partial charge in [0, 0.05) is 60.1 Å². The van der Waals surface area contributed by atoms with Crippen molar-refractivity contribution in [3.63, 3.8) is 0 Å². The molecule has 0 N–H and O–H groups in total. The van der Waals surface area contributed by atoms with E-state index >= 15 is 0 Å². The lowest BCUT2D eigenvalue weighted by molar-refractivity contribution is 0.194. The molecule has 1 fully saturated rings. The zero-order chi connectivity index (χ0) is 58.1. The average molecular weight is 1110 g/mol. The second-order valence-electron chi connectivity index (χ2n) is 31.7. The molecular formula is C78H88BN3S. The van der Waals surface area contributed by atoms with Crippen LogP contribution < -0.4 is 30.4 Å². The zero-order valence-electron chi connectivity index (χ0n) is 52.9. The molecule has 0 radical (unpaired) electrons. The summed E-state index contributed by atoms with van der Waals surface area (Å²) in [7, 11) is 0. The molecule has 15 rings (SSSR count). The van der Waals surface area contributed by atoms with Gasteiger partial charge < -0.3 is 14.7 Å². The first-order chi connectivity index (χ1) is 39.1. The van der Waals surface area contributed by atoms with Crippen LogP contribution in [0.1, 0.15) is 211 Å². The highest BCUT2D eigenvalue weighted by atomic mass is 32.1. The van der Waals surface area contributed by atoms with Gasteiger partial charge in [-0.25, -0.2) is 0 Å². The SMILES string of the molecule is Cc1cc(C)c2c(c1)N(c1cc3c4c(c1)N(c1ccc(-c5ccccc5)cc1)c1c(sc5cc6c(cc15)C(C)(C)CCC6(C)C)B4c1cc4c(cc1N3c1ccc3c(c1)C(C)(C)CCC3(C)C)C(C)(C)CCC4(C)C)C1(C)CCCCC21C. The van der Waals surface area contributed by atoms with Gasteiger partial charge in [-0.1, -0.05) is 164 Å². The van der Waals surface area contributed by atoms with Crippen LogP contribution in [-0.4, -0.2) is 12.3 Å². The van der Waals surface area contributed by atoms with E-state index in [9.17, 15) is 0 Å². The molecule has 7 aromatic carbocycles. The van der Waals surface area contributed by atoms with Crippen molar-refractivity contribution in [3.05, 3.63) is 171 Å². The molecule has 4 aliphatic carbocycles. The van der Waals surface area contributed by atoms with Crippen LogP contribution >= 0.6 is 11.3 Å². The Hall–Kier alpha value is -6.04. The van der Waals surface area contributed by atoms with E-state index in [0.29, 0.717) is 0 Å². The summed E-state index contributed by atoms with van der Waals surface area (Å²) in [5.41, 5.74) is 29.6. The number of fused-ring (bicyclic) bond motifs is 12. The van der Waals surface area contributed by atoms with Crippen molar-refractivity contribution in [2.75, 3.05) is 14.7 Å². The summed E-state index contributed by atoms with van der Waals surface area (Å²) in [6.45, 7) is 40.1. The number of anilines is 8. The number of rotatable bonds is 4. The standard InChI is InChI=1S/C78H88BN3S/c1-47-38-48(2)67-63(39-47)82(78(16)31-21-20-30-77(67,78)15)53-41-64-68-65(42-53)81(51-26-24-50(25-27-51)49-22-18-17-19-23-49)69-54-43-57-60(76(13,14)37-34-73(57,7)8)46-66(54)83-70(69)79(68)61-44-58-59(75(11,12)36-35-74(58,9)10)45-62(61)80(64)52-28-29-55-56(40-52)72(5,6)33-32-71(55,3)4/h17-19,22-29,38-46H,20-21,30-37H2,1-16H3. The molecule has 83 heavy (non-hydrogen) atoms. The summed E-state index contributed by atoms with van der Waals surface area (Å²) in [5.74, 6) is 0. The van der Waals surface area contributed by atoms with Gasteiger partial charge in [-0.15, -0.1) is 11.3 Å². The summed E-state index contributed by atoms with van der Waals surface area (Å²) in [6, 6.07) is 49.7. The van der Waals surface area contributed by atoms with Gasteiger partial charge in [0.05, 0.1) is 11.2 Å². The van der Waals surface area contributed by atoms with Crippen molar-refractivity contribution in [3.8, 4) is 11.1 Å². The van der Waals surface area contributed by atoms with E-state index in [1.807, 2.05) is 0 Å². The minimum absolute atomic E-state index is 0.00983. The van der Waals surface area contributed by atoms with E-state index in [4.69, 9.17) is 0 Å². The van der Waals surface area contributed by atoms with Gasteiger partial charge >= 0.3 is 0 Å². The first kappa shape index (κ1) is 53.7. The lowest BCUT2D eigenvalue weighted by Crippen LogP contribution is -2.61. The van der Waals surface area contributed by atoms with E-state index in [1.165, 1.54) is 185 Å². The molecular weight excluding hydrogens is 1020 g/mol. The molecule has 8 aromatic rings. The maximum atomic E-state index is 2.90. The number of aryl methyl sites for hydroxylation is 2. The fourth-order valence-electron chi connectivity index (χ4n) is 18.2. The van der Waals surface area contributed by atoms with E-state index in [1.54, 1.807) is 5.56 Å².